The van der Waals surface area contributed by atoms with Gasteiger partial charge in [0.2, 0.25) is 0 Å². The van der Waals surface area contributed by atoms with Gasteiger partial charge in [0.1, 0.15) is 0 Å². The molecule has 0 aliphatic carbocycles. The topological polar surface area (TPSA) is 46.4 Å². The van der Waals surface area contributed by atoms with E-state index in [9.17, 15) is 10.1 Å². The molecule has 0 N–H and O–H groups in total. The fraction of sp³-hybridized carbons (Fsp3) is 0.455. The lowest BCUT2D eigenvalue weighted by molar-refractivity contribution is -0.384. The first-order valence-electron chi connectivity index (χ1n) is 5.27. The third-order valence-corrected chi connectivity index (χ3v) is 2.76. The van der Waals surface area contributed by atoms with Crippen LogP contribution in [0.4, 0.5) is 11.4 Å². The molecule has 2 rings (SSSR count). The third kappa shape index (κ3) is 2.26. The Morgan fingerprint density at radius 3 is 2.60 bits per heavy atom. The molecule has 1 heterocycles. The zero-order chi connectivity index (χ0) is 10.7. The average Bonchev–Trinajstić information content (AvgIpc) is 2.30. The minimum Gasteiger partial charge on any atom is -0.371 e. The maximum Gasteiger partial charge on any atom is 0.271 e. The number of nitro benzene ring substituents is 1. The van der Waals surface area contributed by atoms with Gasteiger partial charge >= 0.3 is 0 Å². The number of benzene rings is 1. The van der Waals surface area contributed by atoms with Gasteiger partial charge in [0.05, 0.1) is 4.92 Å². The van der Waals surface area contributed by atoms with Gasteiger partial charge in [0.25, 0.3) is 5.69 Å². The van der Waals surface area contributed by atoms with Gasteiger partial charge < -0.3 is 4.90 Å². The van der Waals surface area contributed by atoms with Gasteiger partial charge in [-0.25, -0.2) is 0 Å². The van der Waals surface area contributed by atoms with Crippen LogP contribution in [-0.4, -0.2) is 18.0 Å². The Morgan fingerprint density at radius 1 is 1.20 bits per heavy atom. The molecule has 1 aromatic carbocycles. The molecule has 0 aromatic heterocycles. The second kappa shape index (κ2) is 4.29. The van der Waals surface area contributed by atoms with Crippen molar-refractivity contribution >= 4 is 11.4 Å². The number of non-ortho nitro benzene ring substituents is 1. The van der Waals surface area contributed by atoms with Crippen molar-refractivity contribution in [3.63, 3.8) is 0 Å². The molecule has 1 saturated heterocycles. The van der Waals surface area contributed by atoms with E-state index in [1.165, 1.54) is 25.3 Å². The summed E-state index contributed by atoms with van der Waals surface area (Å²) in [5.41, 5.74) is 1.15. The van der Waals surface area contributed by atoms with Crippen molar-refractivity contribution in [1.82, 2.24) is 0 Å². The number of hydrogen-bond acceptors (Lipinski definition) is 3. The minimum absolute atomic E-state index is 0.179. The van der Waals surface area contributed by atoms with E-state index >= 15 is 0 Å². The Balaban J connectivity index is 2.19. The van der Waals surface area contributed by atoms with Crippen molar-refractivity contribution in [3.05, 3.63) is 34.4 Å². The summed E-state index contributed by atoms with van der Waals surface area (Å²) in [5.74, 6) is 0. The van der Waals surface area contributed by atoms with E-state index in [1.807, 2.05) is 6.07 Å². The van der Waals surface area contributed by atoms with Crippen molar-refractivity contribution in [3.8, 4) is 0 Å². The molecule has 0 saturated carbocycles. The predicted octanol–water partition coefficient (Wildman–Crippen LogP) is 2.59. The number of nitro groups is 1. The van der Waals surface area contributed by atoms with Crippen molar-refractivity contribution in [2.45, 2.75) is 19.3 Å². The van der Waals surface area contributed by atoms with Crippen LogP contribution in [-0.2, 0) is 0 Å². The maximum atomic E-state index is 10.6. The molecule has 1 aliphatic heterocycles. The molecular weight excluding hydrogens is 192 g/mol. The van der Waals surface area contributed by atoms with E-state index in [4.69, 9.17) is 0 Å². The van der Waals surface area contributed by atoms with Gasteiger partial charge in [-0.05, 0) is 25.3 Å². The Morgan fingerprint density at radius 2 is 1.93 bits per heavy atom. The summed E-state index contributed by atoms with van der Waals surface area (Å²) >= 11 is 0. The van der Waals surface area contributed by atoms with Crippen molar-refractivity contribution in [2.75, 3.05) is 18.0 Å². The van der Waals surface area contributed by atoms with Gasteiger partial charge in [-0.2, -0.15) is 0 Å². The molecule has 1 aromatic rings. The molecule has 0 spiro atoms. The van der Waals surface area contributed by atoms with E-state index in [2.05, 4.69) is 4.90 Å². The third-order valence-electron chi connectivity index (χ3n) is 2.76. The van der Waals surface area contributed by atoms with Crippen LogP contribution >= 0.6 is 0 Å². The molecular formula is C11H14N2O2. The van der Waals surface area contributed by atoms with Gasteiger partial charge in [0.15, 0.2) is 0 Å². The van der Waals surface area contributed by atoms with Crippen LogP contribution in [0, 0.1) is 10.1 Å². The molecule has 80 valence electrons. The summed E-state index contributed by atoms with van der Waals surface area (Å²) in [5, 5.41) is 10.6. The Hall–Kier alpha value is -1.58. The van der Waals surface area contributed by atoms with E-state index in [0.29, 0.717) is 0 Å². The number of piperidine rings is 1. The van der Waals surface area contributed by atoms with Crippen LogP contribution in [0.25, 0.3) is 0 Å². The lowest BCUT2D eigenvalue weighted by Crippen LogP contribution is -2.29. The molecule has 1 aliphatic rings. The van der Waals surface area contributed by atoms with Crippen LogP contribution in [0.2, 0.25) is 0 Å². The second-order valence-corrected chi connectivity index (χ2v) is 3.82. The average molecular weight is 206 g/mol. The van der Waals surface area contributed by atoms with Crippen molar-refractivity contribution in [1.29, 1.82) is 0 Å². The molecule has 4 nitrogen and oxygen atoms in total. The van der Waals surface area contributed by atoms with Gasteiger partial charge in [-0.1, -0.05) is 6.07 Å². The molecule has 15 heavy (non-hydrogen) atoms. The van der Waals surface area contributed by atoms with Crippen LogP contribution in [0.3, 0.4) is 0 Å². The highest BCUT2D eigenvalue weighted by Crippen LogP contribution is 2.23. The first kappa shape index (κ1) is 9.96. The minimum atomic E-state index is -0.340. The van der Waals surface area contributed by atoms with Gasteiger partial charge in [0, 0.05) is 30.9 Å². The monoisotopic (exact) mass is 206 g/mol. The summed E-state index contributed by atoms with van der Waals surface area (Å²) in [6.45, 7) is 2.03. The maximum absolute atomic E-state index is 10.6. The van der Waals surface area contributed by atoms with E-state index < -0.39 is 0 Å². The quantitative estimate of drug-likeness (QED) is 0.552. The van der Waals surface area contributed by atoms with Crippen LogP contribution in [0.1, 0.15) is 19.3 Å². The Bertz CT molecular complexity index is 359. The van der Waals surface area contributed by atoms with Crippen molar-refractivity contribution < 1.29 is 4.92 Å². The highest BCUT2D eigenvalue weighted by molar-refractivity contribution is 5.53. The standard InChI is InChI=1S/C11H14N2O2/c14-13(15)11-6-4-5-10(9-11)12-7-2-1-3-8-12/h4-6,9H,1-3,7-8H2. The molecule has 4 heteroatoms. The molecule has 0 radical (unpaired) electrons. The number of hydrogen-bond donors (Lipinski definition) is 0. The predicted molar refractivity (Wildman–Crippen MR) is 59.2 cm³/mol. The highest BCUT2D eigenvalue weighted by atomic mass is 16.6. The van der Waals surface area contributed by atoms with Gasteiger partial charge in [-0.3, -0.25) is 10.1 Å². The van der Waals surface area contributed by atoms with E-state index in [0.717, 1.165) is 18.8 Å². The summed E-state index contributed by atoms with van der Waals surface area (Å²) in [6.07, 6.45) is 3.64. The zero-order valence-corrected chi connectivity index (χ0v) is 8.56. The Labute approximate surface area is 88.7 Å². The molecule has 0 amide bonds. The lowest BCUT2D eigenvalue weighted by Gasteiger charge is -2.28. The number of rotatable bonds is 2. The lowest BCUT2D eigenvalue weighted by atomic mass is 10.1. The summed E-state index contributed by atoms with van der Waals surface area (Å²) in [4.78, 5) is 12.5. The smallest absolute Gasteiger partial charge is 0.271 e. The van der Waals surface area contributed by atoms with Crippen LogP contribution in [0.5, 0.6) is 0 Å². The van der Waals surface area contributed by atoms with Crippen molar-refractivity contribution in [2.24, 2.45) is 0 Å². The SMILES string of the molecule is O=[N+]([O-])c1cccc(N2CCCCC2)c1. The normalized spacial score (nSPS) is 16.4. The summed E-state index contributed by atoms with van der Waals surface area (Å²) in [7, 11) is 0. The zero-order valence-electron chi connectivity index (χ0n) is 8.56. The highest BCUT2D eigenvalue weighted by Gasteiger charge is 2.13. The van der Waals surface area contributed by atoms with Crippen LogP contribution in [0.15, 0.2) is 24.3 Å². The van der Waals surface area contributed by atoms with Crippen LogP contribution < -0.4 is 4.90 Å². The molecule has 1 fully saturated rings. The number of nitrogens with zero attached hydrogens (tertiary/aromatic N) is 2. The largest absolute Gasteiger partial charge is 0.371 e. The summed E-state index contributed by atoms with van der Waals surface area (Å²) < 4.78 is 0. The fourth-order valence-electron chi connectivity index (χ4n) is 1.96. The fourth-order valence-corrected chi connectivity index (χ4v) is 1.96. The molecule has 0 bridgehead atoms. The van der Waals surface area contributed by atoms with E-state index in [-0.39, 0.29) is 10.6 Å². The summed E-state index contributed by atoms with van der Waals surface area (Å²) in [6, 6.07) is 6.89. The molecule has 0 unspecified atom stereocenters. The first-order valence-corrected chi connectivity index (χ1v) is 5.27. The Kier molecular flexibility index (Phi) is 2.85. The van der Waals surface area contributed by atoms with Gasteiger partial charge in [-0.15, -0.1) is 0 Å². The second-order valence-electron chi connectivity index (χ2n) is 3.82. The van der Waals surface area contributed by atoms with E-state index in [1.54, 1.807) is 12.1 Å². The molecule has 0 atom stereocenters. The first-order chi connectivity index (χ1) is 7.27. The number of anilines is 1.